The lowest BCUT2D eigenvalue weighted by Gasteiger charge is -2.14. The van der Waals surface area contributed by atoms with E-state index in [2.05, 4.69) is 5.10 Å². The van der Waals surface area contributed by atoms with Crippen LogP contribution in [0.15, 0.2) is 0 Å². The van der Waals surface area contributed by atoms with Gasteiger partial charge in [0.2, 0.25) is 0 Å². The summed E-state index contributed by atoms with van der Waals surface area (Å²) in [7, 11) is 0. The molecule has 0 amide bonds. The number of aromatic nitrogens is 2. The molecule has 0 aliphatic heterocycles. The second-order valence-electron chi connectivity index (χ2n) is 4.20. The third kappa shape index (κ3) is 3.47. The predicted octanol–water partition coefficient (Wildman–Crippen LogP) is 1.94. The smallest absolute Gasteiger partial charge is 0.0969 e. The SMILES string of the molecule is Cc1nn(CC(O)COC(C)C)c(C)c1Cl. The van der Waals surface area contributed by atoms with Crippen LogP contribution in [0, 0.1) is 13.8 Å². The lowest BCUT2D eigenvalue weighted by atomic mass is 10.3. The first-order valence-corrected chi connectivity index (χ1v) is 5.78. The van der Waals surface area contributed by atoms with Crippen LogP contribution in [0.3, 0.4) is 0 Å². The Balaban J connectivity index is 2.56. The zero-order chi connectivity index (χ0) is 12.3. The zero-order valence-corrected chi connectivity index (χ0v) is 11.0. The largest absolute Gasteiger partial charge is 0.389 e. The highest BCUT2D eigenvalue weighted by Crippen LogP contribution is 2.19. The van der Waals surface area contributed by atoms with Crippen LogP contribution >= 0.6 is 11.6 Å². The van der Waals surface area contributed by atoms with Crippen molar-refractivity contribution in [2.45, 2.75) is 46.4 Å². The van der Waals surface area contributed by atoms with Crippen molar-refractivity contribution in [2.75, 3.05) is 6.61 Å². The van der Waals surface area contributed by atoms with E-state index in [1.165, 1.54) is 0 Å². The Morgan fingerprint density at radius 3 is 2.50 bits per heavy atom. The molecule has 4 nitrogen and oxygen atoms in total. The van der Waals surface area contributed by atoms with Gasteiger partial charge in [0.1, 0.15) is 0 Å². The maximum atomic E-state index is 9.75. The van der Waals surface area contributed by atoms with E-state index < -0.39 is 6.10 Å². The first-order valence-electron chi connectivity index (χ1n) is 5.41. The van der Waals surface area contributed by atoms with Gasteiger partial charge in [-0.25, -0.2) is 0 Å². The second-order valence-corrected chi connectivity index (χ2v) is 4.58. The summed E-state index contributed by atoms with van der Waals surface area (Å²) in [6.07, 6.45) is -0.435. The van der Waals surface area contributed by atoms with Gasteiger partial charge in [0, 0.05) is 0 Å². The predicted molar refractivity (Wildman–Crippen MR) is 63.8 cm³/mol. The van der Waals surface area contributed by atoms with Gasteiger partial charge in [0.05, 0.1) is 41.8 Å². The number of aliphatic hydroxyl groups is 1. The topological polar surface area (TPSA) is 47.3 Å². The average molecular weight is 247 g/mol. The van der Waals surface area contributed by atoms with Crippen molar-refractivity contribution in [3.05, 3.63) is 16.4 Å². The molecule has 0 aliphatic rings. The van der Waals surface area contributed by atoms with Crippen LogP contribution in [-0.2, 0) is 11.3 Å². The van der Waals surface area contributed by atoms with Gasteiger partial charge in [-0.3, -0.25) is 4.68 Å². The van der Waals surface area contributed by atoms with Gasteiger partial charge in [-0.1, -0.05) is 11.6 Å². The molecule has 0 saturated heterocycles. The van der Waals surface area contributed by atoms with Crippen LogP contribution in [0.1, 0.15) is 25.2 Å². The fourth-order valence-electron chi connectivity index (χ4n) is 1.41. The molecule has 5 heteroatoms. The molecule has 1 aromatic rings. The molecule has 1 unspecified atom stereocenters. The lowest BCUT2D eigenvalue weighted by molar-refractivity contribution is -0.00226. The quantitative estimate of drug-likeness (QED) is 0.864. The summed E-state index contributed by atoms with van der Waals surface area (Å²) in [6, 6.07) is 0. The first-order chi connectivity index (χ1) is 7.41. The molecule has 0 fully saturated rings. The molecule has 16 heavy (non-hydrogen) atoms. The van der Waals surface area contributed by atoms with E-state index in [0.29, 0.717) is 18.2 Å². The van der Waals surface area contributed by atoms with Crippen LogP contribution in [0.4, 0.5) is 0 Å². The Morgan fingerprint density at radius 1 is 1.44 bits per heavy atom. The van der Waals surface area contributed by atoms with Crippen molar-refractivity contribution in [3.8, 4) is 0 Å². The van der Waals surface area contributed by atoms with Crippen LogP contribution in [0.2, 0.25) is 5.02 Å². The van der Waals surface area contributed by atoms with Crippen molar-refractivity contribution < 1.29 is 9.84 Å². The highest BCUT2D eigenvalue weighted by molar-refractivity contribution is 6.31. The summed E-state index contributed by atoms with van der Waals surface area (Å²) in [5, 5.41) is 14.7. The van der Waals surface area contributed by atoms with Crippen LogP contribution < -0.4 is 0 Å². The Bertz CT molecular complexity index is 350. The number of aliphatic hydroxyl groups excluding tert-OH is 1. The highest BCUT2D eigenvalue weighted by Gasteiger charge is 2.13. The monoisotopic (exact) mass is 246 g/mol. The van der Waals surface area contributed by atoms with Crippen molar-refractivity contribution in [3.63, 3.8) is 0 Å². The Hall–Kier alpha value is -0.580. The summed E-state index contributed by atoms with van der Waals surface area (Å²) in [4.78, 5) is 0. The van der Waals surface area contributed by atoms with Crippen LogP contribution in [0.25, 0.3) is 0 Å². The van der Waals surface area contributed by atoms with Gasteiger partial charge in [-0.15, -0.1) is 0 Å². The van der Waals surface area contributed by atoms with E-state index in [1.54, 1.807) is 4.68 Å². The van der Waals surface area contributed by atoms with E-state index in [9.17, 15) is 5.11 Å². The molecule has 0 radical (unpaired) electrons. The van der Waals surface area contributed by atoms with Crippen molar-refractivity contribution in [1.29, 1.82) is 0 Å². The molecule has 92 valence electrons. The number of halogens is 1. The summed E-state index contributed by atoms with van der Waals surface area (Å²) >= 11 is 6.01. The second kappa shape index (κ2) is 5.66. The highest BCUT2D eigenvalue weighted by atomic mass is 35.5. The maximum Gasteiger partial charge on any atom is 0.0969 e. The molecule has 0 aromatic carbocycles. The minimum atomic E-state index is -0.559. The van der Waals surface area contributed by atoms with Gasteiger partial charge in [-0.2, -0.15) is 5.10 Å². The molecule has 1 rings (SSSR count). The number of nitrogens with zero attached hydrogens (tertiary/aromatic N) is 2. The zero-order valence-electron chi connectivity index (χ0n) is 10.2. The molecule has 0 saturated carbocycles. The lowest BCUT2D eigenvalue weighted by Crippen LogP contribution is -2.24. The number of hydrogen-bond donors (Lipinski definition) is 1. The Kier molecular flexibility index (Phi) is 4.77. The van der Waals surface area contributed by atoms with E-state index in [4.69, 9.17) is 16.3 Å². The fourth-order valence-corrected chi connectivity index (χ4v) is 1.54. The summed E-state index contributed by atoms with van der Waals surface area (Å²) in [5.41, 5.74) is 1.67. The summed E-state index contributed by atoms with van der Waals surface area (Å²) in [5.74, 6) is 0. The van der Waals surface area contributed by atoms with E-state index in [1.807, 2.05) is 27.7 Å². The molecule has 1 N–H and O–H groups in total. The average Bonchev–Trinajstić information content (AvgIpc) is 2.43. The van der Waals surface area contributed by atoms with Gasteiger partial charge >= 0.3 is 0 Å². The normalized spacial score (nSPS) is 13.4. The van der Waals surface area contributed by atoms with E-state index in [0.717, 1.165) is 11.4 Å². The van der Waals surface area contributed by atoms with Crippen LogP contribution in [0.5, 0.6) is 0 Å². The van der Waals surface area contributed by atoms with E-state index >= 15 is 0 Å². The molecular weight excluding hydrogens is 228 g/mol. The molecule has 1 atom stereocenters. The number of rotatable bonds is 5. The third-order valence-electron chi connectivity index (χ3n) is 2.30. The summed E-state index contributed by atoms with van der Waals surface area (Å²) in [6.45, 7) is 8.33. The van der Waals surface area contributed by atoms with Gasteiger partial charge in [0.25, 0.3) is 0 Å². The standard InChI is InChI=1S/C11H19ClN2O2/c1-7(2)16-6-10(15)5-14-9(4)11(12)8(3)13-14/h7,10,15H,5-6H2,1-4H3. The molecular formula is C11H19ClN2O2. The fraction of sp³-hybridized carbons (Fsp3) is 0.727. The van der Waals surface area contributed by atoms with E-state index in [-0.39, 0.29) is 6.10 Å². The number of aryl methyl sites for hydroxylation is 1. The first kappa shape index (κ1) is 13.5. The Labute approximate surface area is 101 Å². The Morgan fingerprint density at radius 2 is 2.06 bits per heavy atom. The van der Waals surface area contributed by atoms with Crippen molar-refractivity contribution in [1.82, 2.24) is 9.78 Å². The van der Waals surface area contributed by atoms with Crippen molar-refractivity contribution in [2.24, 2.45) is 0 Å². The maximum absolute atomic E-state index is 9.75. The van der Waals surface area contributed by atoms with Crippen LogP contribution in [-0.4, -0.2) is 33.7 Å². The molecule has 1 aromatic heterocycles. The third-order valence-corrected chi connectivity index (χ3v) is 2.85. The molecule has 0 aliphatic carbocycles. The van der Waals surface area contributed by atoms with Gasteiger partial charge in [-0.05, 0) is 27.7 Å². The molecule has 1 heterocycles. The minimum absolute atomic E-state index is 0.124. The number of hydrogen-bond acceptors (Lipinski definition) is 3. The van der Waals surface area contributed by atoms with Crippen molar-refractivity contribution >= 4 is 11.6 Å². The molecule has 0 spiro atoms. The number of ether oxygens (including phenoxy) is 1. The van der Waals surface area contributed by atoms with Gasteiger partial charge < -0.3 is 9.84 Å². The van der Waals surface area contributed by atoms with Gasteiger partial charge in [0.15, 0.2) is 0 Å². The minimum Gasteiger partial charge on any atom is -0.389 e. The molecule has 0 bridgehead atoms. The summed E-state index contributed by atoms with van der Waals surface area (Å²) < 4.78 is 7.04.